The van der Waals surface area contributed by atoms with Gasteiger partial charge in [0.15, 0.2) is 5.76 Å². The first kappa shape index (κ1) is 17.8. The molecule has 1 fully saturated rings. The molecule has 0 radical (unpaired) electrons. The molecule has 0 aliphatic heterocycles. The normalized spacial score (nSPS) is 14.5. The number of carbonyl (C=O) groups is 2. The first-order valence-corrected chi connectivity index (χ1v) is 8.97. The predicted octanol–water partition coefficient (Wildman–Crippen LogP) is 3.26. The average Bonchev–Trinajstić information content (AvgIpc) is 3.14. The molecule has 2 aromatic carbocycles. The molecule has 140 valence electrons. The van der Waals surface area contributed by atoms with Crippen molar-refractivity contribution < 1.29 is 19.2 Å². The SMILES string of the molecule is O=C(NO)c1ccc(C#CC2(NC(=O)c3cc4ccccc4o3)CCC2)cc1. The Morgan fingerprint density at radius 1 is 1.04 bits per heavy atom. The quantitative estimate of drug-likeness (QED) is 0.373. The molecule has 0 spiro atoms. The molecular weight excluding hydrogens is 356 g/mol. The smallest absolute Gasteiger partial charge is 0.288 e. The fourth-order valence-electron chi connectivity index (χ4n) is 3.15. The summed E-state index contributed by atoms with van der Waals surface area (Å²) in [7, 11) is 0. The van der Waals surface area contributed by atoms with E-state index in [1.807, 2.05) is 24.3 Å². The fraction of sp³-hybridized carbons (Fsp3) is 0.182. The molecule has 1 saturated carbocycles. The van der Waals surface area contributed by atoms with Crippen molar-refractivity contribution in [2.24, 2.45) is 0 Å². The van der Waals surface area contributed by atoms with E-state index >= 15 is 0 Å². The van der Waals surface area contributed by atoms with Crippen LogP contribution in [0.2, 0.25) is 0 Å². The molecule has 0 saturated heterocycles. The molecule has 1 aliphatic rings. The molecule has 6 nitrogen and oxygen atoms in total. The first-order chi connectivity index (χ1) is 13.6. The Balaban J connectivity index is 1.51. The number of hydroxylamine groups is 1. The van der Waals surface area contributed by atoms with Gasteiger partial charge in [0.25, 0.3) is 11.8 Å². The molecule has 3 N–H and O–H groups in total. The van der Waals surface area contributed by atoms with Crippen molar-refractivity contribution in [1.29, 1.82) is 0 Å². The van der Waals surface area contributed by atoms with Crippen molar-refractivity contribution in [3.05, 3.63) is 71.5 Å². The number of fused-ring (bicyclic) bond motifs is 1. The summed E-state index contributed by atoms with van der Waals surface area (Å²) in [4.78, 5) is 24.0. The van der Waals surface area contributed by atoms with Crippen molar-refractivity contribution in [2.75, 3.05) is 0 Å². The number of nitrogens with one attached hydrogen (secondary N) is 2. The minimum Gasteiger partial charge on any atom is -0.451 e. The van der Waals surface area contributed by atoms with Gasteiger partial charge in [-0.25, -0.2) is 5.48 Å². The number of hydrogen-bond donors (Lipinski definition) is 3. The lowest BCUT2D eigenvalue weighted by atomic mass is 9.77. The summed E-state index contributed by atoms with van der Waals surface area (Å²) in [6.07, 6.45) is 2.54. The highest BCUT2D eigenvalue weighted by Gasteiger charge is 2.37. The monoisotopic (exact) mass is 374 g/mol. The van der Waals surface area contributed by atoms with Crippen LogP contribution in [0.4, 0.5) is 0 Å². The van der Waals surface area contributed by atoms with Gasteiger partial charge in [-0.05, 0) is 55.7 Å². The lowest BCUT2D eigenvalue weighted by Gasteiger charge is -2.37. The van der Waals surface area contributed by atoms with Crippen molar-refractivity contribution in [2.45, 2.75) is 24.8 Å². The topological polar surface area (TPSA) is 91.6 Å². The molecular formula is C22H18N2O4. The highest BCUT2D eigenvalue weighted by atomic mass is 16.5. The van der Waals surface area contributed by atoms with Gasteiger partial charge in [-0.3, -0.25) is 14.8 Å². The molecule has 0 atom stereocenters. The van der Waals surface area contributed by atoms with Gasteiger partial charge in [0.05, 0.1) is 0 Å². The third-order valence-electron chi connectivity index (χ3n) is 4.90. The van der Waals surface area contributed by atoms with Crippen LogP contribution in [-0.2, 0) is 0 Å². The highest BCUT2D eigenvalue weighted by Crippen LogP contribution is 2.32. The van der Waals surface area contributed by atoms with E-state index < -0.39 is 11.4 Å². The Labute approximate surface area is 161 Å². The predicted molar refractivity (Wildman–Crippen MR) is 103 cm³/mol. The molecule has 4 rings (SSSR count). The third-order valence-corrected chi connectivity index (χ3v) is 4.90. The molecule has 28 heavy (non-hydrogen) atoms. The maximum Gasteiger partial charge on any atom is 0.288 e. The number of furan rings is 1. The van der Waals surface area contributed by atoms with Crippen molar-refractivity contribution >= 4 is 22.8 Å². The standard InChI is InChI=1S/C22H18N2O4/c25-20(24-27)16-8-6-15(7-9-16)10-13-22(11-3-12-22)23-21(26)19-14-17-4-1-2-5-18(17)28-19/h1-2,4-9,14,27H,3,11-12H2,(H,23,26)(H,24,25). The van der Waals surface area contributed by atoms with E-state index in [0.717, 1.165) is 30.2 Å². The van der Waals surface area contributed by atoms with E-state index in [1.165, 1.54) is 0 Å². The number of amides is 2. The zero-order valence-electron chi connectivity index (χ0n) is 15.0. The first-order valence-electron chi connectivity index (χ1n) is 8.97. The Morgan fingerprint density at radius 2 is 1.79 bits per heavy atom. The Hall–Kier alpha value is -3.56. The highest BCUT2D eigenvalue weighted by molar-refractivity contribution is 5.96. The van der Waals surface area contributed by atoms with Crippen LogP contribution in [0.3, 0.4) is 0 Å². The number of carbonyl (C=O) groups excluding carboxylic acids is 2. The fourth-order valence-corrected chi connectivity index (χ4v) is 3.15. The minimum atomic E-state index is -0.576. The van der Waals surface area contributed by atoms with Gasteiger partial charge in [0, 0.05) is 16.5 Å². The van der Waals surface area contributed by atoms with Crippen molar-refractivity contribution in [3.63, 3.8) is 0 Å². The zero-order chi connectivity index (χ0) is 19.6. The van der Waals surface area contributed by atoms with Crippen LogP contribution >= 0.6 is 0 Å². The van der Waals surface area contributed by atoms with Crippen molar-refractivity contribution in [3.8, 4) is 11.8 Å². The summed E-state index contributed by atoms with van der Waals surface area (Å²) in [5.74, 6) is 5.66. The Morgan fingerprint density at radius 3 is 2.43 bits per heavy atom. The molecule has 1 aliphatic carbocycles. The van der Waals surface area contributed by atoms with Crippen LogP contribution in [-0.4, -0.2) is 22.6 Å². The summed E-state index contributed by atoms with van der Waals surface area (Å²) in [5, 5.41) is 12.6. The Kier molecular flexibility index (Phi) is 4.60. The second-order valence-corrected chi connectivity index (χ2v) is 6.81. The zero-order valence-corrected chi connectivity index (χ0v) is 15.0. The largest absolute Gasteiger partial charge is 0.451 e. The summed E-state index contributed by atoms with van der Waals surface area (Å²) < 4.78 is 5.63. The van der Waals surface area contributed by atoms with Gasteiger partial charge in [-0.15, -0.1) is 0 Å². The Bertz CT molecular complexity index is 1070. The second kappa shape index (κ2) is 7.22. The summed E-state index contributed by atoms with van der Waals surface area (Å²) in [6.45, 7) is 0. The third kappa shape index (κ3) is 3.48. The maximum atomic E-state index is 12.6. The number of rotatable bonds is 3. The van der Waals surface area contributed by atoms with Gasteiger partial charge in [0.1, 0.15) is 11.1 Å². The number of para-hydroxylation sites is 1. The van der Waals surface area contributed by atoms with Crippen molar-refractivity contribution in [1.82, 2.24) is 10.8 Å². The summed E-state index contributed by atoms with van der Waals surface area (Å²) >= 11 is 0. The average molecular weight is 374 g/mol. The minimum absolute atomic E-state index is 0.272. The molecule has 0 bridgehead atoms. The lowest BCUT2D eigenvalue weighted by Crippen LogP contribution is -2.52. The van der Waals surface area contributed by atoms with Crippen LogP contribution in [0.1, 0.15) is 45.7 Å². The van der Waals surface area contributed by atoms with Gasteiger partial charge < -0.3 is 9.73 Å². The van der Waals surface area contributed by atoms with Gasteiger partial charge in [-0.1, -0.05) is 30.0 Å². The van der Waals surface area contributed by atoms with E-state index in [2.05, 4.69) is 17.2 Å². The lowest BCUT2D eigenvalue weighted by molar-refractivity contribution is 0.0706. The van der Waals surface area contributed by atoms with Gasteiger partial charge >= 0.3 is 0 Å². The number of benzene rings is 2. The van der Waals surface area contributed by atoms with Crippen LogP contribution in [0.15, 0.2) is 59.0 Å². The van der Waals surface area contributed by atoms with E-state index in [-0.39, 0.29) is 11.7 Å². The van der Waals surface area contributed by atoms with Crippen LogP contribution < -0.4 is 10.8 Å². The maximum absolute atomic E-state index is 12.6. The van der Waals surface area contributed by atoms with Crippen LogP contribution in [0.5, 0.6) is 0 Å². The van der Waals surface area contributed by atoms with Crippen LogP contribution in [0.25, 0.3) is 11.0 Å². The van der Waals surface area contributed by atoms with Gasteiger partial charge in [0.2, 0.25) is 0 Å². The molecule has 1 aromatic heterocycles. The van der Waals surface area contributed by atoms with E-state index in [0.29, 0.717) is 11.1 Å². The molecule has 2 amide bonds. The number of hydrogen-bond acceptors (Lipinski definition) is 4. The van der Waals surface area contributed by atoms with E-state index in [9.17, 15) is 9.59 Å². The van der Waals surface area contributed by atoms with Gasteiger partial charge in [-0.2, -0.15) is 0 Å². The van der Waals surface area contributed by atoms with E-state index in [4.69, 9.17) is 9.62 Å². The van der Waals surface area contributed by atoms with Crippen LogP contribution in [0, 0.1) is 11.8 Å². The summed E-state index contributed by atoms with van der Waals surface area (Å²) in [5.41, 5.74) is 2.75. The van der Waals surface area contributed by atoms with E-state index in [1.54, 1.807) is 35.8 Å². The molecule has 0 unspecified atom stereocenters. The molecule has 3 aromatic rings. The summed E-state index contributed by atoms with van der Waals surface area (Å²) in [6, 6.07) is 15.8. The second-order valence-electron chi connectivity index (χ2n) is 6.81. The molecule has 6 heteroatoms. The molecule has 1 heterocycles.